The van der Waals surface area contributed by atoms with Gasteiger partial charge in [-0.25, -0.2) is 4.68 Å². The van der Waals surface area contributed by atoms with Crippen molar-refractivity contribution in [1.82, 2.24) is 14.7 Å². The van der Waals surface area contributed by atoms with Crippen LogP contribution in [0.1, 0.15) is 37.9 Å². The van der Waals surface area contributed by atoms with Gasteiger partial charge in [-0.3, -0.25) is 4.90 Å². The number of hydrogen-bond donors (Lipinski definition) is 1. The van der Waals surface area contributed by atoms with Crippen LogP contribution in [0.3, 0.4) is 0 Å². The number of nitrogens with zero attached hydrogens (tertiary/aromatic N) is 3. The number of hydrogen-bond acceptors (Lipinski definition) is 6. The second-order valence-corrected chi connectivity index (χ2v) is 10.5. The molecular weight excluding hydrogens is 490 g/mol. The van der Waals surface area contributed by atoms with E-state index in [-0.39, 0.29) is 6.10 Å². The standard InChI is InChI=1S/C29H38ClN3O4/c1-21(2)19-35-20-24(34)16-32(17-25-12-9-15-36-25)18-26-22(3)31-33(23-10-5-4-6-11-23)29(26)37-28-14-8-7-13-27(28)30/h4-8,10-11,13-14,21,24-25,34H,9,12,15-20H2,1-3H3. The minimum Gasteiger partial charge on any atom is -0.437 e. The van der Waals surface area contributed by atoms with E-state index in [4.69, 9.17) is 30.9 Å². The molecule has 1 aliphatic rings. The van der Waals surface area contributed by atoms with E-state index < -0.39 is 6.10 Å². The number of ether oxygens (including phenoxy) is 3. The van der Waals surface area contributed by atoms with E-state index in [0.717, 1.165) is 36.4 Å². The molecular formula is C29H38ClN3O4. The van der Waals surface area contributed by atoms with Crippen LogP contribution in [-0.2, 0) is 16.0 Å². The number of halogens is 1. The van der Waals surface area contributed by atoms with Crippen molar-refractivity contribution in [3.63, 3.8) is 0 Å². The number of aryl methyl sites for hydroxylation is 1. The molecule has 37 heavy (non-hydrogen) atoms. The summed E-state index contributed by atoms with van der Waals surface area (Å²) in [4.78, 5) is 2.22. The maximum Gasteiger partial charge on any atom is 0.227 e. The zero-order chi connectivity index (χ0) is 26.2. The lowest BCUT2D eigenvalue weighted by Crippen LogP contribution is -2.39. The number of aromatic nitrogens is 2. The molecule has 1 N–H and O–H groups in total. The molecule has 2 unspecified atom stereocenters. The van der Waals surface area contributed by atoms with Crippen molar-refractivity contribution in [1.29, 1.82) is 0 Å². The number of benzene rings is 2. The second-order valence-electron chi connectivity index (χ2n) is 10.1. The molecule has 0 aliphatic carbocycles. The van der Waals surface area contributed by atoms with Crippen molar-refractivity contribution in [2.45, 2.75) is 52.4 Å². The average molecular weight is 528 g/mol. The number of aliphatic hydroxyl groups is 1. The molecule has 3 aromatic rings. The van der Waals surface area contributed by atoms with Gasteiger partial charge in [0.05, 0.1) is 40.8 Å². The van der Waals surface area contributed by atoms with Crippen LogP contribution in [0.4, 0.5) is 0 Å². The Balaban J connectivity index is 1.62. The SMILES string of the molecule is Cc1nn(-c2ccccc2)c(Oc2ccccc2Cl)c1CN(CC(O)COCC(C)C)CC1CCCO1. The van der Waals surface area contributed by atoms with Gasteiger partial charge in [0, 0.05) is 32.8 Å². The van der Waals surface area contributed by atoms with E-state index in [1.165, 1.54) is 0 Å². The lowest BCUT2D eigenvalue weighted by Gasteiger charge is -2.28. The Bertz CT molecular complexity index is 1120. The zero-order valence-electron chi connectivity index (χ0n) is 22.0. The number of para-hydroxylation sites is 2. The summed E-state index contributed by atoms with van der Waals surface area (Å²) in [5.41, 5.74) is 2.69. The van der Waals surface area contributed by atoms with Crippen LogP contribution in [0.25, 0.3) is 5.69 Å². The molecule has 7 nitrogen and oxygen atoms in total. The van der Waals surface area contributed by atoms with E-state index in [1.54, 1.807) is 0 Å². The van der Waals surface area contributed by atoms with Crippen LogP contribution in [0, 0.1) is 12.8 Å². The lowest BCUT2D eigenvalue weighted by atomic mass is 10.1. The molecule has 8 heteroatoms. The molecule has 1 aliphatic heterocycles. The van der Waals surface area contributed by atoms with Crippen LogP contribution >= 0.6 is 11.6 Å². The minimum absolute atomic E-state index is 0.140. The summed E-state index contributed by atoms with van der Waals surface area (Å²) in [6, 6.07) is 17.3. The van der Waals surface area contributed by atoms with Crippen molar-refractivity contribution in [3.05, 3.63) is 70.9 Å². The molecule has 2 atom stereocenters. The number of rotatable bonds is 13. The van der Waals surface area contributed by atoms with E-state index in [1.807, 2.05) is 66.2 Å². The molecule has 0 spiro atoms. The van der Waals surface area contributed by atoms with Crippen LogP contribution in [0.5, 0.6) is 11.6 Å². The normalized spacial score (nSPS) is 16.6. The van der Waals surface area contributed by atoms with Crippen molar-refractivity contribution in [2.24, 2.45) is 5.92 Å². The number of aliphatic hydroxyl groups excluding tert-OH is 1. The molecule has 200 valence electrons. The van der Waals surface area contributed by atoms with Gasteiger partial charge in [0.1, 0.15) is 5.75 Å². The first-order valence-electron chi connectivity index (χ1n) is 13.1. The highest BCUT2D eigenvalue weighted by molar-refractivity contribution is 6.32. The van der Waals surface area contributed by atoms with E-state index in [9.17, 15) is 5.11 Å². The minimum atomic E-state index is -0.613. The topological polar surface area (TPSA) is 69.0 Å². The fraction of sp³-hybridized carbons (Fsp3) is 0.483. The van der Waals surface area contributed by atoms with Crippen molar-refractivity contribution in [3.8, 4) is 17.3 Å². The first-order valence-corrected chi connectivity index (χ1v) is 13.4. The zero-order valence-corrected chi connectivity index (χ0v) is 22.7. The third-order valence-corrected chi connectivity index (χ3v) is 6.59. The Hall–Kier alpha value is -2.42. The molecule has 1 aromatic heterocycles. The molecule has 1 saturated heterocycles. The van der Waals surface area contributed by atoms with Crippen molar-refractivity contribution in [2.75, 3.05) is 32.9 Å². The maximum atomic E-state index is 10.8. The third kappa shape index (κ3) is 7.79. The Morgan fingerprint density at radius 3 is 2.59 bits per heavy atom. The highest BCUT2D eigenvalue weighted by Gasteiger charge is 2.26. The summed E-state index contributed by atoms with van der Waals surface area (Å²) in [5.74, 6) is 1.60. The van der Waals surface area contributed by atoms with Gasteiger partial charge in [0.15, 0.2) is 0 Å². The maximum absolute atomic E-state index is 10.8. The third-order valence-electron chi connectivity index (χ3n) is 6.28. The molecule has 2 aromatic carbocycles. The van der Waals surface area contributed by atoms with E-state index in [0.29, 0.717) is 55.4 Å². The summed E-state index contributed by atoms with van der Waals surface area (Å²) < 4.78 is 19.9. The van der Waals surface area contributed by atoms with Crippen LogP contribution in [0.2, 0.25) is 5.02 Å². The van der Waals surface area contributed by atoms with Gasteiger partial charge in [-0.05, 0) is 49.9 Å². The van der Waals surface area contributed by atoms with Gasteiger partial charge < -0.3 is 19.3 Å². The van der Waals surface area contributed by atoms with Crippen LogP contribution in [-0.4, -0.2) is 64.9 Å². The monoisotopic (exact) mass is 527 g/mol. The fourth-order valence-corrected chi connectivity index (χ4v) is 4.67. The molecule has 0 amide bonds. The van der Waals surface area contributed by atoms with Gasteiger partial charge in [-0.15, -0.1) is 0 Å². The molecule has 1 fully saturated rings. The smallest absolute Gasteiger partial charge is 0.227 e. The summed E-state index contributed by atoms with van der Waals surface area (Å²) in [6.07, 6.45) is 1.60. The average Bonchev–Trinajstić information content (AvgIpc) is 3.49. The predicted molar refractivity (Wildman–Crippen MR) is 146 cm³/mol. The van der Waals surface area contributed by atoms with Crippen molar-refractivity contribution < 1.29 is 19.3 Å². The van der Waals surface area contributed by atoms with Crippen LogP contribution in [0.15, 0.2) is 54.6 Å². The summed E-state index contributed by atoms with van der Waals surface area (Å²) in [7, 11) is 0. The Kier molecular flexibility index (Phi) is 10.00. The Labute approximate surface area is 224 Å². The van der Waals surface area contributed by atoms with Gasteiger partial charge in [-0.1, -0.05) is 55.8 Å². The Morgan fingerprint density at radius 2 is 1.89 bits per heavy atom. The highest BCUT2D eigenvalue weighted by atomic mass is 35.5. The van der Waals surface area contributed by atoms with Gasteiger partial charge >= 0.3 is 0 Å². The second kappa shape index (κ2) is 13.4. The first kappa shape index (κ1) is 27.6. The quantitative estimate of drug-likeness (QED) is 0.310. The highest BCUT2D eigenvalue weighted by Crippen LogP contribution is 2.35. The van der Waals surface area contributed by atoms with Gasteiger partial charge in [-0.2, -0.15) is 5.10 Å². The first-order chi connectivity index (χ1) is 17.9. The summed E-state index contributed by atoms with van der Waals surface area (Å²) in [5, 5.41) is 16.2. The Morgan fingerprint density at radius 1 is 1.14 bits per heavy atom. The van der Waals surface area contributed by atoms with E-state index >= 15 is 0 Å². The summed E-state index contributed by atoms with van der Waals surface area (Å²) >= 11 is 6.46. The van der Waals surface area contributed by atoms with Crippen LogP contribution < -0.4 is 4.74 Å². The fourth-order valence-electron chi connectivity index (χ4n) is 4.50. The molecule has 0 radical (unpaired) electrons. The largest absolute Gasteiger partial charge is 0.437 e. The van der Waals surface area contributed by atoms with Crippen molar-refractivity contribution >= 4 is 11.6 Å². The predicted octanol–water partition coefficient (Wildman–Crippen LogP) is 5.64. The lowest BCUT2D eigenvalue weighted by molar-refractivity contribution is -0.00406. The molecule has 0 saturated carbocycles. The molecule has 0 bridgehead atoms. The van der Waals surface area contributed by atoms with Gasteiger partial charge in [0.25, 0.3) is 0 Å². The summed E-state index contributed by atoms with van der Waals surface area (Å²) in [6.45, 7) is 9.60. The van der Waals surface area contributed by atoms with E-state index in [2.05, 4.69) is 18.7 Å². The molecule has 2 heterocycles. The van der Waals surface area contributed by atoms with Gasteiger partial charge in [0.2, 0.25) is 5.88 Å². The molecule has 4 rings (SSSR count).